The van der Waals surface area contributed by atoms with Gasteiger partial charge in [0.2, 0.25) is 10.0 Å². The lowest BCUT2D eigenvalue weighted by Crippen LogP contribution is -2.48. The summed E-state index contributed by atoms with van der Waals surface area (Å²) in [6, 6.07) is 15.6. The van der Waals surface area contributed by atoms with Crippen molar-refractivity contribution in [2.24, 2.45) is 0 Å². The first-order valence-corrected chi connectivity index (χ1v) is 10.4. The van der Waals surface area contributed by atoms with Crippen LogP contribution in [0.5, 0.6) is 5.75 Å². The van der Waals surface area contributed by atoms with E-state index in [1.165, 1.54) is 10.5 Å². The minimum absolute atomic E-state index is 0.202. The first kappa shape index (κ1) is 18.7. The molecule has 0 amide bonds. The van der Waals surface area contributed by atoms with Crippen molar-refractivity contribution in [3.63, 3.8) is 0 Å². The fourth-order valence-corrected chi connectivity index (χ4v) is 5.36. The van der Waals surface area contributed by atoms with E-state index >= 15 is 0 Å². The molecule has 8 heteroatoms. The second kappa shape index (κ2) is 7.75. The second-order valence-corrected chi connectivity index (χ2v) is 8.31. The maximum absolute atomic E-state index is 13.7. The van der Waals surface area contributed by atoms with Gasteiger partial charge in [0.1, 0.15) is 5.75 Å². The molecule has 0 saturated carbocycles. The van der Waals surface area contributed by atoms with Crippen molar-refractivity contribution in [1.29, 1.82) is 0 Å². The fraction of sp³-hybridized carbons (Fsp3) is 0.250. The standard InChI is InChI=1S/C20H21N3O4S/c1-26-18-8-4-2-6-15(18)17-14-21-12-13-23(17)28(24,25)20-9-5-3-7-16(20)19-10-11-22-27-19/h2-11,17,21H,12-14H2,1H3. The quantitative estimate of drug-likeness (QED) is 0.710. The van der Waals surface area contributed by atoms with Crippen LogP contribution in [-0.4, -0.2) is 44.6 Å². The van der Waals surface area contributed by atoms with E-state index < -0.39 is 10.0 Å². The number of hydrogen-bond acceptors (Lipinski definition) is 6. The van der Waals surface area contributed by atoms with E-state index in [2.05, 4.69) is 10.5 Å². The van der Waals surface area contributed by atoms with E-state index in [-0.39, 0.29) is 10.9 Å². The van der Waals surface area contributed by atoms with Crippen molar-refractivity contribution in [3.8, 4) is 17.1 Å². The molecule has 1 saturated heterocycles. The number of para-hydroxylation sites is 1. The van der Waals surface area contributed by atoms with E-state index in [9.17, 15) is 8.42 Å². The van der Waals surface area contributed by atoms with Gasteiger partial charge in [-0.2, -0.15) is 4.31 Å². The SMILES string of the molecule is COc1ccccc1C1CNCCN1S(=O)(=O)c1ccccc1-c1ccno1. The normalized spacial score (nSPS) is 18.1. The molecule has 1 fully saturated rings. The summed E-state index contributed by atoms with van der Waals surface area (Å²) in [4.78, 5) is 0.202. The van der Waals surface area contributed by atoms with Crippen LogP contribution in [0.3, 0.4) is 0 Å². The van der Waals surface area contributed by atoms with Crippen LogP contribution in [-0.2, 0) is 10.0 Å². The second-order valence-electron chi connectivity index (χ2n) is 6.45. The number of sulfonamides is 1. The van der Waals surface area contributed by atoms with Crippen LogP contribution in [0.4, 0.5) is 0 Å². The summed E-state index contributed by atoms with van der Waals surface area (Å²) in [5.41, 5.74) is 1.33. The zero-order valence-electron chi connectivity index (χ0n) is 15.4. The maximum Gasteiger partial charge on any atom is 0.244 e. The molecule has 0 radical (unpaired) electrons. The summed E-state index contributed by atoms with van der Waals surface area (Å²) in [6.45, 7) is 1.44. The molecule has 28 heavy (non-hydrogen) atoms. The van der Waals surface area contributed by atoms with Crippen molar-refractivity contribution in [2.75, 3.05) is 26.7 Å². The summed E-state index contributed by atoms with van der Waals surface area (Å²) in [7, 11) is -2.20. The van der Waals surface area contributed by atoms with Crippen molar-refractivity contribution >= 4 is 10.0 Å². The topological polar surface area (TPSA) is 84.7 Å². The third-order valence-corrected chi connectivity index (χ3v) is 6.84. The molecule has 4 rings (SSSR count). The highest BCUT2D eigenvalue weighted by molar-refractivity contribution is 7.89. The molecule has 0 aliphatic carbocycles. The smallest absolute Gasteiger partial charge is 0.244 e. The van der Waals surface area contributed by atoms with Gasteiger partial charge in [-0.15, -0.1) is 0 Å². The minimum atomic E-state index is -3.79. The summed E-state index contributed by atoms with van der Waals surface area (Å²) in [5.74, 6) is 1.09. The number of rotatable bonds is 5. The van der Waals surface area contributed by atoms with Crippen LogP contribution in [0, 0.1) is 0 Å². The average molecular weight is 399 g/mol. The molecule has 7 nitrogen and oxygen atoms in total. The minimum Gasteiger partial charge on any atom is -0.496 e. The van der Waals surface area contributed by atoms with Crippen molar-refractivity contribution in [1.82, 2.24) is 14.8 Å². The number of ether oxygens (including phenoxy) is 1. The van der Waals surface area contributed by atoms with Gasteiger partial charge >= 0.3 is 0 Å². The van der Waals surface area contributed by atoms with Gasteiger partial charge in [0.15, 0.2) is 5.76 Å². The molecule has 1 N–H and O–H groups in total. The van der Waals surface area contributed by atoms with Crippen LogP contribution >= 0.6 is 0 Å². The number of nitrogens with one attached hydrogen (secondary N) is 1. The van der Waals surface area contributed by atoms with E-state index in [4.69, 9.17) is 9.26 Å². The van der Waals surface area contributed by atoms with Crippen molar-refractivity contribution < 1.29 is 17.7 Å². The number of methoxy groups -OCH3 is 1. The predicted octanol–water partition coefficient (Wildman–Crippen LogP) is 2.69. The molecular weight excluding hydrogens is 378 g/mol. The Bertz CT molecular complexity index is 1050. The van der Waals surface area contributed by atoms with Gasteiger partial charge in [-0.05, 0) is 18.2 Å². The van der Waals surface area contributed by atoms with Gasteiger partial charge in [-0.25, -0.2) is 8.42 Å². The van der Waals surface area contributed by atoms with Gasteiger partial charge in [0.05, 0.1) is 24.2 Å². The number of piperazine rings is 1. The molecule has 1 atom stereocenters. The lowest BCUT2D eigenvalue weighted by atomic mass is 10.0. The molecular formula is C20H21N3O4S. The van der Waals surface area contributed by atoms with Crippen LogP contribution in [0.15, 0.2) is 70.2 Å². The molecule has 2 heterocycles. The summed E-state index contributed by atoms with van der Waals surface area (Å²) in [5, 5.41) is 7.00. The Morgan fingerprint density at radius 2 is 1.93 bits per heavy atom. The number of nitrogens with zero attached hydrogens (tertiary/aromatic N) is 2. The average Bonchev–Trinajstić information content (AvgIpc) is 3.28. The van der Waals surface area contributed by atoms with Crippen LogP contribution < -0.4 is 10.1 Å². The van der Waals surface area contributed by atoms with E-state index in [1.807, 2.05) is 24.3 Å². The Hall–Kier alpha value is -2.68. The van der Waals surface area contributed by atoms with Crippen LogP contribution in [0.25, 0.3) is 11.3 Å². The number of hydrogen-bond donors (Lipinski definition) is 1. The van der Waals surface area contributed by atoms with Gasteiger partial charge < -0.3 is 14.6 Å². The third-order valence-electron chi connectivity index (χ3n) is 4.87. The first-order valence-electron chi connectivity index (χ1n) is 8.98. The molecule has 3 aromatic rings. The molecule has 0 spiro atoms. The zero-order chi connectivity index (χ0) is 19.6. The van der Waals surface area contributed by atoms with Gasteiger partial charge in [0, 0.05) is 36.8 Å². The Labute approximate surface area is 164 Å². The van der Waals surface area contributed by atoms with Gasteiger partial charge in [0.25, 0.3) is 0 Å². The highest BCUT2D eigenvalue weighted by atomic mass is 32.2. The predicted molar refractivity (Wildman–Crippen MR) is 104 cm³/mol. The van der Waals surface area contributed by atoms with Crippen LogP contribution in [0.2, 0.25) is 0 Å². The molecule has 0 bridgehead atoms. The first-order chi connectivity index (χ1) is 13.6. The molecule has 146 valence electrons. The van der Waals surface area contributed by atoms with Crippen molar-refractivity contribution in [2.45, 2.75) is 10.9 Å². The summed E-state index contributed by atoms with van der Waals surface area (Å²) in [6.07, 6.45) is 1.50. The Morgan fingerprint density at radius 1 is 1.14 bits per heavy atom. The fourth-order valence-electron chi connectivity index (χ4n) is 3.56. The molecule has 1 unspecified atom stereocenters. The monoisotopic (exact) mass is 399 g/mol. The highest BCUT2D eigenvalue weighted by Crippen LogP contribution is 2.36. The lowest BCUT2D eigenvalue weighted by molar-refractivity contribution is 0.264. The van der Waals surface area contributed by atoms with Gasteiger partial charge in [-0.3, -0.25) is 0 Å². The Balaban J connectivity index is 1.80. The lowest BCUT2D eigenvalue weighted by Gasteiger charge is -2.36. The number of aromatic nitrogens is 1. The molecule has 1 aliphatic heterocycles. The largest absolute Gasteiger partial charge is 0.496 e. The summed E-state index contributed by atoms with van der Waals surface area (Å²) >= 11 is 0. The van der Waals surface area contributed by atoms with Crippen LogP contribution in [0.1, 0.15) is 11.6 Å². The van der Waals surface area contributed by atoms with Gasteiger partial charge in [-0.1, -0.05) is 35.5 Å². The maximum atomic E-state index is 13.7. The third kappa shape index (κ3) is 3.30. The van der Waals surface area contributed by atoms with E-state index in [0.717, 1.165) is 5.56 Å². The summed E-state index contributed by atoms with van der Waals surface area (Å²) < 4.78 is 39.6. The molecule has 1 aromatic heterocycles. The van der Waals surface area contributed by atoms with E-state index in [0.29, 0.717) is 36.7 Å². The zero-order valence-corrected chi connectivity index (χ0v) is 16.2. The highest BCUT2D eigenvalue weighted by Gasteiger charge is 2.37. The van der Waals surface area contributed by atoms with E-state index in [1.54, 1.807) is 37.4 Å². The molecule has 1 aliphatic rings. The Kier molecular flexibility index (Phi) is 5.17. The molecule has 2 aromatic carbocycles. The Morgan fingerprint density at radius 3 is 2.71 bits per heavy atom. The van der Waals surface area contributed by atoms with Crippen molar-refractivity contribution in [3.05, 3.63) is 66.4 Å². The number of benzene rings is 2.